The minimum absolute atomic E-state index is 0.155. The van der Waals surface area contributed by atoms with Crippen molar-refractivity contribution in [2.45, 2.75) is 20.0 Å². The number of carbonyl (C=O) groups excluding carboxylic acids is 2. The lowest BCUT2D eigenvalue weighted by atomic mass is 10.1. The van der Waals surface area contributed by atoms with Gasteiger partial charge in [0.25, 0.3) is 0 Å². The Bertz CT molecular complexity index is 935. The van der Waals surface area contributed by atoms with Gasteiger partial charge in [0, 0.05) is 36.6 Å². The first kappa shape index (κ1) is 16.6. The van der Waals surface area contributed by atoms with Gasteiger partial charge in [0.1, 0.15) is 6.10 Å². The molecule has 1 amide bonds. The molecular formula is C19H17N3O3. The van der Waals surface area contributed by atoms with Gasteiger partial charge in [0.15, 0.2) is 0 Å². The van der Waals surface area contributed by atoms with Gasteiger partial charge in [-0.25, -0.2) is 4.79 Å². The number of esters is 1. The lowest BCUT2D eigenvalue weighted by Gasteiger charge is -2.15. The number of rotatable bonds is 4. The van der Waals surface area contributed by atoms with Crippen LogP contribution in [0.2, 0.25) is 0 Å². The van der Waals surface area contributed by atoms with Gasteiger partial charge in [-0.3, -0.25) is 14.8 Å². The largest absolute Gasteiger partial charge is 0.454 e. The highest BCUT2D eigenvalue weighted by Gasteiger charge is 2.17. The van der Waals surface area contributed by atoms with Crippen molar-refractivity contribution in [1.82, 2.24) is 9.97 Å². The lowest BCUT2D eigenvalue weighted by Crippen LogP contribution is -2.11. The van der Waals surface area contributed by atoms with Crippen LogP contribution in [0.4, 0.5) is 5.69 Å². The topological polar surface area (TPSA) is 81.2 Å². The molecule has 2 aromatic heterocycles. The summed E-state index contributed by atoms with van der Waals surface area (Å²) in [6, 6.07) is 10.6. The van der Waals surface area contributed by atoms with Crippen molar-refractivity contribution in [2.75, 3.05) is 5.32 Å². The number of ether oxygens (including phenoxy) is 1. The molecule has 0 radical (unpaired) electrons. The summed E-state index contributed by atoms with van der Waals surface area (Å²) in [6.45, 7) is 3.23. The van der Waals surface area contributed by atoms with E-state index in [1.807, 2.05) is 6.07 Å². The van der Waals surface area contributed by atoms with Crippen molar-refractivity contribution in [3.05, 3.63) is 66.1 Å². The Morgan fingerprint density at radius 3 is 2.80 bits per heavy atom. The van der Waals surface area contributed by atoms with Crippen molar-refractivity contribution < 1.29 is 14.3 Å². The molecule has 126 valence electrons. The molecule has 2 heterocycles. The summed E-state index contributed by atoms with van der Waals surface area (Å²) in [7, 11) is 0. The molecule has 1 atom stereocenters. The van der Waals surface area contributed by atoms with E-state index in [0.717, 1.165) is 5.56 Å². The quantitative estimate of drug-likeness (QED) is 0.738. The number of amides is 1. The summed E-state index contributed by atoms with van der Waals surface area (Å²) in [4.78, 5) is 32.0. The Hall–Kier alpha value is -3.28. The molecule has 3 rings (SSSR count). The van der Waals surface area contributed by atoms with Gasteiger partial charge in [-0.2, -0.15) is 0 Å². The second-order valence-electron chi connectivity index (χ2n) is 5.61. The second kappa shape index (κ2) is 7.09. The molecule has 0 saturated carbocycles. The third-order valence-corrected chi connectivity index (χ3v) is 3.72. The molecule has 0 bridgehead atoms. The minimum Gasteiger partial charge on any atom is -0.454 e. The SMILES string of the molecule is CC(=O)Nc1cccc([C@@H](C)OC(=O)c2ccnc3ccncc23)c1. The smallest absolute Gasteiger partial charge is 0.339 e. The van der Waals surface area contributed by atoms with Gasteiger partial charge in [-0.1, -0.05) is 12.1 Å². The molecule has 0 aliphatic heterocycles. The van der Waals surface area contributed by atoms with Crippen LogP contribution in [0.5, 0.6) is 0 Å². The molecule has 1 aromatic carbocycles. The van der Waals surface area contributed by atoms with Gasteiger partial charge < -0.3 is 10.1 Å². The third-order valence-electron chi connectivity index (χ3n) is 3.72. The van der Waals surface area contributed by atoms with Crippen LogP contribution in [-0.4, -0.2) is 21.8 Å². The summed E-state index contributed by atoms with van der Waals surface area (Å²) >= 11 is 0. The number of aromatic nitrogens is 2. The summed E-state index contributed by atoms with van der Waals surface area (Å²) in [5.41, 5.74) is 2.55. The number of fused-ring (bicyclic) bond motifs is 1. The van der Waals surface area contributed by atoms with Crippen molar-refractivity contribution in [1.29, 1.82) is 0 Å². The zero-order valence-corrected chi connectivity index (χ0v) is 13.9. The molecular weight excluding hydrogens is 318 g/mol. The van der Waals surface area contributed by atoms with Gasteiger partial charge >= 0.3 is 5.97 Å². The maximum absolute atomic E-state index is 12.6. The van der Waals surface area contributed by atoms with Crippen LogP contribution in [0.25, 0.3) is 10.9 Å². The predicted octanol–water partition coefficient (Wildman–Crippen LogP) is 3.51. The van der Waals surface area contributed by atoms with Gasteiger partial charge in [-0.05, 0) is 36.8 Å². The molecule has 1 N–H and O–H groups in total. The van der Waals surface area contributed by atoms with Crippen LogP contribution in [-0.2, 0) is 9.53 Å². The van der Waals surface area contributed by atoms with E-state index in [0.29, 0.717) is 22.2 Å². The highest BCUT2D eigenvalue weighted by Crippen LogP contribution is 2.23. The Labute approximate surface area is 144 Å². The Morgan fingerprint density at radius 2 is 2.00 bits per heavy atom. The average Bonchev–Trinajstić information content (AvgIpc) is 2.60. The second-order valence-corrected chi connectivity index (χ2v) is 5.61. The highest BCUT2D eigenvalue weighted by atomic mass is 16.5. The Morgan fingerprint density at radius 1 is 1.16 bits per heavy atom. The van der Waals surface area contributed by atoms with E-state index >= 15 is 0 Å². The van der Waals surface area contributed by atoms with Gasteiger partial charge in [-0.15, -0.1) is 0 Å². The molecule has 0 unspecified atom stereocenters. The van der Waals surface area contributed by atoms with E-state index < -0.39 is 12.1 Å². The first-order chi connectivity index (χ1) is 12.0. The van der Waals surface area contributed by atoms with Crippen molar-refractivity contribution >= 4 is 28.5 Å². The molecule has 0 aliphatic rings. The zero-order chi connectivity index (χ0) is 17.8. The number of hydrogen-bond acceptors (Lipinski definition) is 5. The number of benzene rings is 1. The van der Waals surface area contributed by atoms with E-state index in [4.69, 9.17) is 4.74 Å². The van der Waals surface area contributed by atoms with Crippen LogP contribution < -0.4 is 5.32 Å². The molecule has 6 nitrogen and oxygen atoms in total. The molecule has 3 aromatic rings. The molecule has 6 heteroatoms. The number of carbonyl (C=O) groups is 2. The number of hydrogen-bond donors (Lipinski definition) is 1. The van der Waals surface area contributed by atoms with E-state index in [-0.39, 0.29) is 5.91 Å². The van der Waals surface area contributed by atoms with E-state index in [1.165, 1.54) is 6.92 Å². The number of nitrogens with zero attached hydrogens (tertiary/aromatic N) is 2. The summed E-state index contributed by atoms with van der Waals surface area (Å²) < 4.78 is 5.58. The maximum atomic E-state index is 12.6. The summed E-state index contributed by atoms with van der Waals surface area (Å²) in [5.74, 6) is -0.601. The fourth-order valence-electron chi connectivity index (χ4n) is 2.53. The van der Waals surface area contributed by atoms with Crippen molar-refractivity contribution in [2.24, 2.45) is 0 Å². The summed E-state index contributed by atoms with van der Waals surface area (Å²) in [5, 5.41) is 3.36. The average molecular weight is 335 g/mol. The van der Waals surface area contributed by atoms with E-state index in [2.05, 4.69) is 15.3 Å². The first-order valence-electron chi connectivity index (χ1n) is 7.82. The normalized spacial score (nSPS) is 11.8. The van der Waals surface area contributed by atoms with Crippen LogP contribution in [0.15, 0.2) is 55.0 Å². The summed E-state index contributed by atoms with van der Waals surface area (Å²) in [6.07, 6.45) is 4.32. The number of anilines is 1. The molecule has 0 spiro atoms. The molecule has 0 aliphatic carbocycles. The Balaban J connectivity index is 1.81. The van der Waals surface area contributed by atoms with Crippen LogP contribution in [0.3, 0.4) is 0 Å². The minimum atomic E-state index is -0.471. The van der Waals surface area contributed by atoms with Crippen molar-refractivity contribution in [3.8, 4) is 0 Å². The fraction of sp³-hybridized carbons (Fsp3) is 0.158. The molecule has 25 heavy (non-hydrogen) atoms. The standard InChI is InChI=1S/C19H17N3O3/c1-12(14-4-3-5-15(10-14)22-13(2)23)25-19(24)16-6-9-21-18-7-8-20-11-17(16)18/h3-12H,1-2H3,(H,22,23)/t12-/m1/s1. The maximum Gasteiger partial charge on any atom is 0.339 e. The van der Waals surface area contributed by atoms with Crippen LogP contribution in [0.1, 0.15) is 35.9 Å². The van der Waals surface area contributed by atoms with Gasteiger partial charge in [0.05, 0.1) is 11.1 Å². The van der Waals surface area contributed by atoms with E-state index in [1.54, 1.807) is 55.8 Å². The first-order valence-corrected chi connectivity index (χ1v) is 7.82. The fourth-order valence-corrected chi connectivity index (χ4v) is 2.53. The predicted molar refractivity (Wildman–Crippen MR) is 94.1 cm³/mol. The lowest BCUT2D eigenvalue weighted by molar-refractivity contribution is -0.114. The van der Waals surface area contributed by atoms with Crippen molar-refractivity contribution in [3.63, 3.8) is 0 Å². The third kappa shape index (κ3) is 3.80. The van der Waals surface area contributed by atoms with Crippen LogP contribution in [0, 0.1) is 0 Å². The molecule has 0 saturated heterocycles. The monoisotopic (exact) mass is 335 g/mol. The Kier molecular flexibility index (Phi) is 4.70. The van der Waals surface area contributed by atoms with Crippen LogP contribution >= 0.6 is 0 Å². The number of nitrogens with one attached hydrogen (secondary N) is 1. The van der Waals surface area contributed by atoms with Gasteiger partial charge in [0.2, 0.25) is 5.91 Å². The zero-order valence-electron chi connectivity index (χ0n) is 13.9. The number of pyridine rings is 2. The molecule has 0 fully saturated rings. The van der Waals surface area contributed by atoms with E-state index in [9.17, 15) is 9.59 Å². The highest BCUT2D eigenvalue weighted by molar-refractivity contribution is 6.02.